The van der Waals surface area contributed by atoms with Crippen LogP contribution in [0.5, 0.6) is 5.75 Å². The normalized spacial score (nSPS) is 23.2. The summed E-state index contributed by atoms with van der Waals surface area (Å²) in [4.78, 5) is 42.5. The van der Waals surface area contributed by atoms with Gasteiger partial charge in [-0.05, 0) is 50.3 Å². The van der Waals surface area contributed by atoms with E-state index in [-0.39, 0.29) is 30.4 Å². The molecule has 32 heavy (non-hydrogen) atoms. The van der Waals surface area contributed by atoms with Gasteiger partial charge in [0, 0.05) is 37.3 Å². The maximum Gasteiger partial charge on any atom is 0.319 e. The zero-order chi connectivity index (χ0) is 23.1. The molecule has 1 saturated carbocycles. The molecule has 9 nitrogen and oxygen atoms in total. The molecular weight excluding hydrogens is 410 g/mol. The number of benzene rings is 1. The molecule has 2 fully saturated rings. The lowest BCUT2D eigenvalue weighted by Crippen LogP contribution is -2.65. The van der Waals surface area contributed by atoms with E-state index >= 15 is 0 Å². The molecule has 1 heterocycles. The number of hydrogen-bond donors (Lipinski definition) is 3. The lowest BCUT2D eigenvalue weighted by atomic mass is 9.91. The van der Waals surface area contributed by atoms with Gasteiger partial charge >= 0.3 is 6.03 Å². The quantitative estimate of drug-likeness (QED) is 0.576. The molecule has 1 aliphatic carbocycles. The molecule has 3 rings (SSSR count). The summed E-state index contributed by atoms with van der Waals surface area (Å²) in [5, 5.41) is 5.78. The Kier molecular flexibility index (Phi) is 8.10. The largest absolute Gasteiger partial charge is 0.497 e. The Morgan fingerprint density at radius 2 is 1.91 bits per heavy atom. The van der Waals surface area contributed by atoms with Crippen molar-refractivity contribution in [3.8, 4) is 5.75 Å². The molecule has 0 bridgehead atoms. The van der Waals surface area contributed by atoms with E-state index in [2.05, 4.69) is 17.2 Å². The number of hydrogen-bond acceptors (Lipinski definition) is 5. The van der Waals surface area contributed by atoms with Crippen LogP contribution in [0.25, 0.3) is 0 Å². The molecule has 0 aromatic heterocycles. The monoisotopic (exact) mass is 443 g/mol. The van der Waals surface area contributed by atoms with Crippen LogP contribution in [0.1, 0.15) is 42.5 Å². The molecule has 2 aliphatic rings. The van der Waals surface area contributed by atoms with Crippen LogP contribution in [0.2, 0.25) is 0 Å². The van der Waals surface area contributed by atoms with E-state index in [4.69, 9.17) is 10.5 Å². The number of amides is 4. The van der Waals surface area contributed by atoms with Crippen molar-refractivity contribution in [3.05, 3.63) is 42.5 Å². The number of nitrogens with two attached hydrogens (primary N) is 1. The van der Waals surface area contributed by atoms with Gasteiger partial charge in [-0.25, -0.2) is 4.79 Å². The van der Waals surface area contributed by atoms with Crippen LogP contribution in [-0.2, 0) is 4.79 Å². The van der Waals surface area contributed by atoms with Gasteiger partial charge in [0.15, 0.2) is 6.17 Å². The molecule has 1 atom stereocenters. The summed E-state index contributed by atoms with van der Waals surface area (Å²) < 4.78 is 5.24. The van der Waals surface area contributed by atoms with E-state index in [1.165, 1.54) is 16.9 Å². The van der Waals surface area contributed by atoms with Gasteiger partial charge in [-0.2, -0.15) is 0 Å². The first kappa shape index (κ1) is 23.6. The molecular formula is C23H33N5O4. The average molecular weight is 444 g/mol. The SMILES string of the molecule is C=CCNC(=O)N1CCCN(C(=O)c2cccc(OC)c2)C1C(=O)NC1CCC(N)CC1. The number of methoxy groups -OCH3 is 1. The van der Waals surface area contributed by atoms with Gasteiger partial charge in [-0.3, -0.25) is 14.5 Å². The Balaban J connectivity index is 1.85. The molecule has 4 N–H and O–H groups in total. The van der Waals surface area contributed by atoms with Crippen molar-refractivity contribution in [1.82, 2.24) is 20.4 Å². The Morgan fingerprint density at radius 1 is 1.19 bits per heavy atom. The number of nitrogens with one attached hydrogen (secondary N) is 2. The summed E-state index contributed by atoms with van der Waals surface area (Å²) in [5.74, 6) is -0.126. The second kappa shape index (κ2) is 11.0. The van der Waals surface area contributed by atoms with Crippen LogP contribution in [0.15, 0.2) is 36.9 Å². The van der Waals surface area contributed by atoms with Crippen LogP contribution in [0.3, 0.4) is 0 Å². The lowest BCUT2D eigenvalue weighted by Gasteiger charge is -2.43. The van der Waals surface area contributed by atoms with Crippen molar-refractivity contribution in [2.75, 3.05) is 26.7 Å². The van der Waals surface area contributed by atoms with E-state index in [1.807, 2.05) is 0 Å². The van der Waals surface area contributed by atoms with E-state index < -0.39 is 12.2 Å². The third-order valence-corrected chi connectivity index (χ3v) is 5.98. The van der Waals surface area contributed by atoms with Gasteiger partial charge in [0.1, 0.15) is 5.75 Å². The number of nitrogens with zero attached hydrogens (tertiary/aromatic N) is 2. The van der Waals surface area contributed by atoms with E-state index in [9.17, 15) is 14.4 Å². The molecule has 1 saturated heterocycles. The highest BCUT2D eigenvalue weighted by Gasteiger charge is 2.41. The second-order valence-corrected chi connectivity index (χ2v) is 8.25. The number of carbonyl (C=O) groups is 3. The lowest BCUT2D eigenvalue weighted by molar-refractivity contribution is -0.133. The van der Waals surface area contributed by atoms with Crippen LogP contribution >= 0.6 is 0 Å². The summed E-state index contributed by atoms with van der Waals surface area (Å²) in [7, 11) is 1.53. The van der Waals surface area contributed by atoms with Gasteiger partial charge in [0.05, 0.1) is 7.11 Å². The van der Waals surface area contributed by atoms with Crippen LogP contribution < -0.4 is 21.1 Å². The fourth-order valence-electron chi connectivity index (χ4n) is 4.25. The first-order valence-electron chi connectivity index (χ1n) is 11.1. The standard InChI is InChI=1S/C23H33N5O4/c1-3-12-25-23(31)28-14-5-13-27(22(30)16-6-4-7-19(15-16)32-2)21(28)20(29)26-18-10-8-17(24)9-11-18/h3-4,6-7,15,17-18,21H,1,5,8-14,24H2,2H3,(H,25,31)(H,26,29). The Morgan fingerprint density at radius 3 is 2.59 bits per heavy atom. The fraction of sp³-hybridized carbons (Fsp3) is 0.522. The minimum atomic E-state index is -1.04. The zero-order valence-electron chi connectivity index (χ0n) is 18.6. The van der Waals surface area contributed by atoms with Crippen molar-refractivity contribution < 1.29 is 19.1 Å². The fourth-order valence-corrected chi connectivity index (χ4v) is 4.25. The molecule has 1 aliphatic heterocycles. The Hall–Kier alpha value is -3.07. The van der Waals surface area contributed by atoms with E-state index in [0.29, 0.717) is 30.8 Å². The van der Waals surface area contributed by atoms with Crippen LogP contribution in [0, 0.1) is 0 Å². The first-order valence-corrected chi connectivity index (χ1v) is 11.1. The van der Waals surface area contributed by atoms with Gasteiger partial charge in [-0.1, -0.05) is 12.1 Å². The number of rotatable bonds is 6. The Bertz CT molecular complexity index is 837. The predicted molar refractivity (Wildman–Crippen MR) is 121 cm³/mol. The van der Waals surface area contributed by atoms with Crippen LogP contribution in [-0.4, -0.2) is 72.6 Å². The summed E-state index contributed by atoms with van der Waals surface area (Å²) >= 11 is 0. The summed E-state index contributed by atoms with van der Waals surface area (Å²) in [5.41, 5.74) is 6.39. The third-order valence-electron chi connectivity index (χ3n) is 5.98. The van der Waals surface area contributed by atoms with Crippen molar-refractivity contribution >= 4 is 17.8 Å². The van der Waals surface area contributed by atoms with Crippen molar-refractivity contribution in [2.24, 2.45) is 5.73 Å². The average Bonchev–Trinajstić information content (AvgIpc) is 2.82. The van der Waals surface area contributed by atoms with E-state index in [1.54, 1.807) is 30.3 Å². The highest BCUT2D eigenvalue weighted by atomic mass is 16.5. The minimum Gasteiger partial charge on any atom is -0.497 e. The van der Waals surface area contributed by atoms with E-state index in [0.717, 1.165) is 25.7 Å². The molecule has 9 heteroatoms. The second-order valence-electron chi connectivity index (χ2n) is 8.25. The molecule has 4 amide bonds. The first-order chi connectivity index (χ1) is 15.4. The number of urea groups is 1. The summed E-state index contributed by atoms with van der Waals surface area (Å²) in [6.07, 6.45) is 4.35. The predicted octanol–water partition coefficient (Wildman–Crippen LogP) is 1.45. The number of ether oxygens (including phenoxy) is 1. The van der Waals surface area contributed by atoms with Crippen molar-refractivity contribution in [1.29, 1.82) is 0 Å². The summed E-state index contributed by atoms with van der Waals surface area (Å²) in [6.45, 7) is 4.63. The highest BCUT2D eigenvalue weighted by Crippen LogP contribution is 2.22. The maximum atomic E-state index is 13.4. The van der Waals surface area contributed by atoms with Gasteiger partial charge in [0.2, 0.25) is 0 Å². The smallest absolute Gasteiger partial charge is 0.319 e. The highest BCUT2D eigenvalue weighted by molar-refractivity contribution is 5.99. The van der Waals surface area contributed by atoms with Gasteiger partial charge in [-0.15, -0.1) is 6.58 Å². The molecule has 0 radical (unpaired) electrons. The number of carbonyl (C=O) groups excluding carboxylic acids is 3. The van der Waals surface area contributed by atoms with Crippen LogP contribution in [0.4, 0.5) is 4.79 Å². The minimum absolute atomic E-state index is 0.0175. The Labute approximate surface area is 188 Å². The topological polar surface area (TPSA) is 117 Å². The molecule has 0 spiro atoms. The molecule has 1 aromatic rings. The molecule has 174 valence electrons. The zero-order valence-corrected chi connectivity index (χ0v) is 18.6. The van der Waals surface area contributed by atoms with Crippen molar-refractivity contribution in [2.45, 2.75) is 50.4 Å². The van der Waals surface area contributed by atoms with Gasteiger partial charge < -0.3 is 26.0 Å². The third kappa shape index (κ3) is 5.59. The molecule has 1 unspecified atom stereocenters. The molecule has 1 aromatic carbocycles. The van der Waals surface area contributed by atoms with Crippen molar-refractivity contribution in [3.63, 3.8) is 0 Å². The maximum absolute atomic E-state index is 13.4. The van der Waals surface area contributed by atoms with Gasteiger partial charge in [0.25, 0.3) is 11.8 Å². The summed E-state index contributed by atoms with van der Waals surface area (Å²) in [6, 6.07) is 6.53.